The summed E-state index contributed by atoms with van der Waals surface area (Å²) in [7, 11) is 0. The van der Waals surface area contributed by atoms with E-state index in [0.717, 1.165) is 0 Å². The van der Waals surface area contributed by atoms with Crippen molar-refractivity contribution in [1.29, 1.82) is 5.26 Å². The second-order valence-electron chi connectivity index (χ2n) is 4.53. The van der Waals surface area contributed by atoms with Gasteiger partial charge in [0.05, 0.1) is 12.5 Å². The second-order valence-corrected chi connectivity index (χ2v) is 4.53. The van der Waals surface area contributed by atoms with Gasteiger partial charge in [-0.1, -0.05) is 12.1 Å². The SMILES string of the molecule is C[C@@H](C#N)C[C@H](NC(=O)Cc1ccc(F)cc1)C(=O)O. The number of aliphatic carboxylic acids is 1. The van der Waals surface area contributed by atoms with Gasteiger partial charge in [-0.05, 0) is 31.0 Å². The van der Waals surface area contributed by atoms with E-state index in [2.05, 4.69) is 5.32 Å². The summed E-state index contributed by atoms with van der Waals surface area (Å²) in [5, 5.41) is 20.0. The molecule has 0 saturated carbocycles. The zero-order valence-corrected chi connectivity index (χ0v) is 11.0. The standard InChI is InChI=1S/C14H15FN2O3/c1-9(8-16)6-12(14(19)20)17-13(18)7-10-2-4-11(15)5-3-10/h2-5,9,12H,6-7H2,1H3,(H,17,18)(H,19,20)/t9-,12+/m1/s1. The predicted molar refractivity (Wildman–Crippen MR) is 69.1 cm³/mol. The molecule has 106 valence electrons. The zero-order valence-electron chi connectivity index (χ0n) is 11.0. The summed E-state index contributed by atoms with van der Waals surface area (Å²) < 4.78 is 12.7. The van der Waals surface area contributed by atoms with Crippen molar-refractivity contribution in [2.45, 2.75) is 25.8 Å². The Bertz CT molecular complexity index is 522. The molecule has 20 heavy (non-hydrogen) atoms. The van der Waals surface area contributed by atoms with Crippen molar-refractivity contribution in [2.24, 2.45) is 5.92 Å². The molecule has 0 aliphatic carbocycles. The van der Waals surface area contributed by atoms with Crippen molar-refractivity contribution in [3.8, 4) is 6.07 Å². The lowest BCUT2D eigenvalue weighted by Crippen LogP contribution is -2.42. The van der Waals surface area contributed by atoms with E-state index in [9.17, 15) is 14.0 Å². The minimum Gasteiger partial charge on any atom is -0.480 e. The van der Waals surface area contributed by atoms with Gasteiger partial charge in [-0.25, -0.2) is 9.18 Å². The Morgan fingerprint density at radius 3 is 2.50 bits per heavy atom. The first-order valence-electron chi connectivity index (χ1n) is 6.08. The molecular formula is C14H15FN2O3. The molecule has 1 rings (SSSR count). The Morgan fingerprint density at radius 2 is 2.00 bits per heavy atom. The highest BCUT2D eigenvalue weighted by molar-refractivity contribution is 5.84. The molecular weight excluding hydrogens is 263 g/mol. The number of carboxylic acid groups (broad SMARTS) is 1. The third kappa shape index (κ3) is 5.06. The van der Waals surface area contributed by atoms with Crippen LogP contribution in [-0.2, 0) is 16.0 Å². The van der Waals surface area contributed by atoms with Crippen molar-refractivity contribution >= 4 is 11.9 Å². The van der Waals surface area contributed by atoms with Crippen LogP contribution in [0.15, 0.2) is 24.3 Å². The van der Waals surface area contributed by atoms with Crippen molar-refractivity contribution < 1.29 is 19.1 Å². The van der Waals surface area contributed by atoms with Gasteiger partial charge in [-0.2, -0.15) is 5.26 Å². The third-order valence-electron chi connectivity index (χ3n) is 2.72. The number of benzene rings is 1. The van der Waals surface area contributed by atoms with E-state index in [0.29, 0.717) is 5.56 Å². The molecule has 1 aromatic rings. The Balaban J connectivity index is 2.60. The van der Waals surface area contributed by atoms with E-state index in [1.807, 2.05) is 6.07 Å². The molecule has 1 aromatic carbocycles. The van der Waals surface area contributed by atoms with Gasteiger partial charge >= 0.3 is 5.97 Å². The Labute approximate surface area is 116 Å². The molecule has 0 heterocycles. The molecule has 0 spiro atoms. The van der Waals surface area contributed by atoms with E-state index in [1.165, 1.54) is 24.3 Å². The molecule has 1 amide bonds. The first kappa shape index (κ1) is 15.6. The number of nitrogens with zero attached hydrogens (tertiary/aromatic N) is 1. The fourth-order valence-electron chi connectivity index (χ4n) is 1.66. The highest BCUT2D eigenvalue weighted by atomic mass is 19.1. The number of rotatable bonds is 6. The fourth-order valence-corrected chi connectivity index (χ4v) is 1.66. The van der Waals surface area contributed by atoms with Crippen LogP contribution >= 0.6 is 0 Å². The van der Waals surface area contributed by atoms with Crippen molar-refractivity contribution in [3.05, 3.63) is 35.6 Å². The van der Waals surface area contributed by atoms with Crippen molar-refractivity contribution in [2.75, 3.05) is 0 Å². The van der Waals surface area contributed by atoms with E-state index in [-0.39, 0.29) is 12.8 Å². The topological polar surface area (TPSA) is 90.2 Å². The zero-order chi connectivity index (χ0) is 15.1. The summed E-state index contributed by atoms with van der Waals surface area (Å²) in [6.45, 7) is 1.59. The molecule has 0 aromatic heterocycles. The Kier molecular flexibility index (Phi) is 5.66. The minimum absolute atomic E-state index is 0.0367. The molecule has 0 aliphatic rings. The van der Waals surface area contributed by atoms with Crippen LogP contribution in [0.4, 0.5) is 4.39 Å². The molecule has 0 saturated heterocycles. The first-order valence-corrected chi connectivity index (χ1v) is 6.08. The van der Waals surface area contributed by atoms with E-state index >= 15 is 0 Å². The molecule has 0 radical (unpaired) electrons. The monoisotopic (exact) mass is 278 g/mol. The van der Waals surface area contributed by atoms with Crippen LogP contribution < -0.4 is 5.32 Å². The summed E-state index contributed by atoms with van der Waals surface area (Å²) in [5.41, 5.74) is 0.585. The Morgan fingerprint density at radius 1 is 1.40 bits per heavy atom. The summed E-state index contributed by atoms with van der Waals surface area (Å²) >= 11 is 0. The first-order chi connectivity index (χ1) is 9.42. The lowest BCUT2D eigenvalue weighted by atomic mass is 10.0. The molecule has 2 atom stereocenters. The number of nitriles is 1. The molecule has 0 fully saturated rings. The summed E-state index contributed by atoms with van der Waals surface area (Å²) in [4.78, 5) is 22.7. The summed E-state index contributed by atoms with van der Waals surface area (Å²) in [5.74, 6) is -2.53. The fraction of sp³-hybridized carbons (Fsp3) is 0.357. The quantitative estimate of drug-likeness (QED) is 0.824. The number of carbonyl (C=O) groups is 2. The number of carbonyl (C=O) groups excluding carboxylic acids is 1. The molecule has 0 unspecified atom stereocenters. The maximum atomic E-state index is 12.7. The smallest absolute Gasteiger partial charge is 0.326 e. The van der Waals surface area contributed by atoms with Crippen LogP contribution in [0.25, 0.3) is 0 Å². The van der Waals surface area contributed by atoms with Gasteiger partial charge in [-0.3, -0.25) is 4.79 Å². The summed E-state index contributed by atoms with van der Waals surface area (Å²) in [6.07, 6.45) is 0.00594. The number of halogens is 1. The lowest BCUT2D eigenvalue weighted by Gasteiger charge is -2.15. The second kappa shape index (κ2) is 7.24. The highest BCUT2D eigenvalue weighted by Gasteiger charge is 2.22. The van der Waals surface area contributed by atoms with Gasteiger partial charge in [0.1, 0.15) is 11.9 Å². The van der Waals surface area contributed by atoms with Crippen LogP contribution in [0.2, 0.25) is 0 Å². The number of carboxylic acids is 1. The van der Waals surface area contributed by atoms with Gasteiger partial charge < -0.3 is 10.4 Å². The number of nitrogens with one attached hydrogen (secondary N) is 1. The number of hydrogen-bond acceptors (Lipinski definition) is 3. The van der Waals surface area contributed by atoms with Crippen LogP contribution in [0.3, 0.4) is 0 Å². The number of amides is 1. The van der Waals surface area contributed by atoms with Gasteiger partial charge in [0, 0.05) is 5.92 Å². The molecule has 0 bridgehead atoms. The van der Waals surface area contributed by atoms with E-state index in [1.54, 1.807) is 6.92 Å². The van der Waals surface area contributed by atoms with Gasteiger partial charge in [0.15, 0.2) is 0 Å². The van der Waals surface area contributed by atoms with Gasteiger partial charge in [0.25, 0.3) is 0 Å². The minimum atomic E-state index is -1.18. The van der Waals surface area contributed by atoms with Crippen LogP contribution in [0.5, 0.6) is 0 Å². The van der Waals surface area contributed by atoms with Crippen LogP contribution in [0, 0.1) is 23.1 Å². The third-order valence-corrected chi connectivity index (χ3v) is 2.72. The van der Waals surface area contributed by atoms with Gasteiger partial charge in [-0.15, -0.1) is 0 Å². The van der Waals surface area contributed by atoms with Crippen molar-refractivity contribution in [3.63, 3.8) is 0 Å². The molecule has 2 N–H and O–H groups in total. The number of hydrogen-bond donors (Lipinski definition) is 2. The maximum Gasteiger partial charge on any atom is 0.326 e. The molecule has 0 aliphatic heterocycles. The molecule has 5 nitrogen and oxygen atoms in total. The van der Waals surface area contributed by atoms with Crippen LogP contribution in [-0.4, -0.2) is 23.0 Å². The molecule has 6 heteroatoms. The van der Waals surface area contributed by atoms with Gasteiger partial charge in [0.2, 0.25) is 5.91 Å². The predicted octanol–water partition coefficient (Wildman–Crippen LogP) is 1.49. The van der Waals surface area contributed by atoms with Crippen LogP contribution in [0.1, 0.15) is 18.9 Å². The van der Waals surface area contributed by atoms with E-state index in [4.69, 9.17) is 10.4 Å². The Hall–Kier alpha value is -2.42. The average molecular weight is 278 g/mol. The van der Waals surface area contributed by atoms with Crippen molar-refractivity contribution in [1.82, 2.24) is 5.32 Å². The maximum absolute atomic E-state index is 12.7. The summed E-state index contributed by atoms with van der Waals surface area (Å²) in [6, 6.07) is 6.21. The van der Waals surface area contributed by atoms with E-state index < -0.39 is 29.7 Å². The lowest BCUT2D eigenvalue weighted by molar-refractivity contribution is -0.142. The normalized spacial score (nSPS) is 13.1. The average Bonchev–Trinajstić information content (AvgIpc) is 2.40. The largest absolute Gasteiger partial charge is 0.480 e. The highest BCUT2D eigenvalue weighted by Crippen LogP contribution is 2.07.